The van der Waals surface area contributed by atoms with Crippen molar-refractivity contribution >= 4 is 12.4 Å². The highest BCUT2D eigenvalue weighted by atomic mass is 35.5. The first-order valence-corrected chi connectivity index (χ1v) is 7.80. The molecule has 2 N–H and O–H groups in total. The number of rotatable bonds is 4. The molecule has 2 heterocycles. The van der Waals surface area contributed by atoms with Gasteiger partial charge in [-0.05, 0) is 18.4 Å². The van der Waals surface area contributed by atoms with Gasteiger partial charge in [-0.1, -0.05) is 53.5 Å². The molecule has 0 radical (unpaired) electrons. The molecule has 4 rings (SSSR count). The highest BCUT2D eigenvalue weighted by Gasteiger charge is 2.36. The van der Waals surface area contributed by atoms with Gasteiger partial charge in [0.2, 0.25) is 0 Å². The van der Waals surface area contributed by atoms with Gasteiger partial charge in [-0.3, -0.25) is 0 Å². The van der Waals surface area contributed by atoms with Gasteiger partial charge < -0.3 is 10.3 Å². The number of benzene rings is 1. The highest BCUT2D eigenvalue weighted by Crippen LogP contribution is 2.35. The van der Waals surface area contributed by atoms with Crippen LogP contribution >= 0.6 is 12.4 Å². The van der Waals surface area contributed by atoms with E-state index in [1.54, 1.807) is 4.68 Å². The minimum absolute atomic E-state index is 0. The fourth-order valence-corrected chi connectivity index (χ4v) is 3.00. The van der Waals surface area contributed by atoms with Crippen LogP contribution in [-0.2, 0) is 12.1 Å². The molecule has 1 saturated carbocycles. The SMILES string of the molecule is Cl.NC1(c2noc(-c3cn(Cc4ccccc4)nn3)n2)CCCC1. The largest absolute Gasteiger partial charge is 0.332 e. The fraction of sp³-hybridized carbons (Fsp3) is 0.375. The van der Waals surface area contributed by atoms with E-state index >= 15 is 0 Å². The Morgan fingerprint density at radius 2 is 1.92 bits per heavy atom. The van der Waals surface area contributed by atoms with Crippen LogP contribution in [0.15, 0.2) is 41.1 Å². The topological polar surface area (TPSA) is 95.7 Å². The van der Waals surface area contributed by atoms with Crippen LogP contribution in [0.4, 0.5) is 0 Å². The van der Waals surface area contributed by atoms with E-state index in [9.17, 15) is 0 Å². The van der Waals surface area contributed by atoms with E-state index in [0.29, 0.717) is 24.0 Å². The van der Waals surface area contributed by atoms with Crippen molar-refractivity contribution in [2.24, 2.45) is 5.73 Å². The van der Waals surface area contributed by atoms with E-state index < -0.39 is 5.54 Å². The first-order valence-electron chi connectivity index (χ1n) is 7.80. The molecule has 0 aliphatic heterocycles. The molecule has 24 heavy (non-hydrogen) atoms. The second-order valence-corrected chi connectivity index (χ2v) is 6.07. The highest BCUT2D eigenvalue weighted by molar-refractivity contribution is 5.85. The smallest absolute Gasteiger partial charge is 0.280 e. The van der Waals surface area contributed by atoms with Crippen molar-refractivity contribution in [3.05, 3.63) is 47.9 Å². The molecule has 0 spiro atoms. The molecule has 2 aromatic heterocycles. The van der Waals surface area contributed by atoms with E-state index in [0.717, 1.165) is 31.2 Å². The van der Waals surface area contributed by atoms with Crippen molar-refractivity contribution in [3.63, 3.8) is 0 Å². The molecule has 1 aliphatic carbocycles. The Morgan fingerprint density at radius 3 is 2.67 bits per heavy atom. The Kier molecular flexibility index (Phi) is 4.64. The minimum Gasteiger partial charge on any atom is -0.332 e. The normalized spacial score (nSPS) is 16.0. The number of halogens is 1. The van der Waals surface area contributed by atoms with Crippen molar-refractivity contribution < 1.29 is 4.52 Å². The van der Waals surface area contributed by atoms with Gasteiger partial charge in [0.15, 0.2) is 11.5 Å². The molecule has 126 valence electrons. The third kappa shape index (κ3) is 3.18. The molecule has 1 aliphatic rings. The van der Waals surface area contributed by atoms with Crippen LogP contribution in [0, 0.1) is 0 Å². The number of nitrogens with zero attached hydrogens (tertiary/aromatic N) is 5. The lowest BCUT2D eigenvalue weighted by molar-refractivity contribution is 0.372. The third-order valence-corrected chi connectivity index (χ3v) is 4.31. The second kappa shape index (κ2) is 6.70. The molecular weight excluding hydrogens is 328 g/mol. The summed E-state index contributed by atoms with van der Waals surface area (Å²) in [6, 6.07) is 10.1. The summed E-state index contributed by atoms with van der Waals surface area (Å²) in [4.78, 5) is 4.44. The zero-order chi connectivity index (χ0) is 15.7. The maximum Gasteiger partial charge on any atom is 0.280 e. The van der Waals surface area contributed by atoms with Crippen molar-refractivity contribution in [1.29, 1.82) is 0 Å². The summed E-state index contributed by atoms with van der Waals surface area (Å²) in [5.41, 5.74) is 7.62. The third-order valence-electron chi connectivity index (χ3n) is 4.31. The van der Waals surface area contributed by atoms with E-state index in [1.807, 2.05) is 36.5 Å². The van der Waals surface area contributed by atoms with Crippen LogP contribution < -0.4 is 5.73 Å². The van der Waals surface area contributed by atoms with Gasteiger partial charge in [0.25, 0.3) is 5.89 Å². The molecule has 0 atom stereocenters. The predicted molar refractivity (Wildman–Crippen MR) is 90.4 cm³/mol. The number of nitrogens with two attached hydrogens (primary N) is 1. The number of aromatic nitrogens is 5. The Labute approximate surface area is 145 Å². The molecule has 1 fully saturated rings. The maximum absolute atomic E-state index is 6.35. The van der Waals surface area contributed by atoms with Crippen LogP contribution in [0.3, 0.4) is 0 Å². The van der Waals surface area contributed by atoms with Crippen LogP contribution in [0.2, 0.25) is 0 Å². The standard InChI is InChI=1S/C16H18N6O.ClH/c17-16(8-4-5-9-16)15-18-14(23-20-15)13-11-22(21-19-13)10-12-6-2-1-3-7-12;/h1-3,6-7,11H,4-5,8-10,17H2;1H. The Hall–Kier alpha value is -2.25. The Balaban J connectivity index is 0.00000169. The molecule has 0 unspecified atom stereocenters. The summed E-state index contributed by atoms with van der Waals surface area (Å²) in [5, 5.41) is 12.3. The van der Waals surface area contributed by atoms with Gasteiger partial charge in [0, 0.05) is 0 Å². The van der Waals surface area contributed by atoms with Crippen LogP contribution in [0.25, 0.3) is 11.6 Å². The molecule has 0 bridgehead atoms. The van der Waals surface area contributed by atoms with Crippen molar-refractivity contribution in [1.82, 2.24) is 25.1 Å². The summed E-state index contributed by atoms with van der Waals surface area (Å²) in [7, 11) is 0. The van der Waals surface area contributed by atoms with Gasteiger partial charge >= 0.3 is 0 Å². The van der Waals surface area contributed by atoms with Crippen LogP contribution in [0.1, 0.15) is 37.1 Å². The monoisotopic (exact) mass is 346 g/mol. The zero-order valence-electron chi connectivity index (χ0n) is 13.1. The summed E-state index contributed by atoms with van der Waals surface area (Å²) in [6.07, 6.45) is 5.81. The molecule has 8 heteroatoms. The summed E-state index contributed by atoms with van der Waals surface area (Å²) in [5.74, 6) is 0.943. The van der Waals surface area contributed by atoms with Crippen molar-refractivity contribution in [3.8, 4) is 11.6 Å². The van der Waals surface area contributed by atoms with Crippen molar-refractivity contribution in [2.45, 2.75) is 37.8 Å². The van der Waals surface area contributed by atoms with Crippen LogP contribution in [-0.4, -0.2) is 25.1 Å². The van der Waals surface area contributed by atoms with Gasteiger partial charge in [-0.25, -0.2) is 4.68 Å². The van der Waals surface area contributed by atoms with Gasteiger partial charge in [0.1, 0.15) is 0 Å². The average Bonchev–Trinajstić information content (AvgIpc) is 3.28. The van der Waals surface area contributed by atoms with E-state index in [-0.39, 0.29) is 12.4 Å². The lowest BCUT2D eigenvalue weighted by Gasteiger charge is -2.17. The zero-order valence-corrected chi connectivity index (χ0v) is 13.9. The quantitative estimate of drug-likeness (QED) is 0.779. The lowest BCUT2D eigenvalue weighted by atomic mass is 9.99. The van der Waals surface area contributed by atoms with E-state index in [2.05, 4.69) is 20.5 Å². The molecule has 1 aromatic carbocycles. The molecular formula is C16H19ClN6O. The fourth-order valence-electron chi connectivity index (χ4n) is 3.00. The first kappa shape index (κ1) is 16.6. The molecule has 0 amide bonds. The van der Waals surface area contributed by atoms with Gasteiger partial charge in [-0.15, -0.1) is 17.5 Å². The van der Waals surface area contributed by atoms with Gasteiger partial charge in [0.05, 0.1) is 18.3 Å². The lowest BCUT2D eigenvalue weighted by Crippen LogP contribution is -2.34. The predicted octanol–water partition coefficient (Wildman–Crippen LogP) is 2.53. The second-order valence-electron chi connectivity index (χ2n) is 6.07. The van der Waals surface area contributed by atoms with Gasteiger partial charge in [-0.2, -0.15) is 4.98 Å². The molecule has 3 aromatic rings. The minimum atomic E-state index is -0.457. The molecule has 0 saturated heterocycles. The first-order chi connectivity index (χ1) is 11.2. The maximum atomic E-state index is 6.35. The Morgan fingerprint density at radius 1 is 1.17 bits per heavy atom. The number of hydrogen-bond donors (Lipinski definition) is 1. The summed E-state index contributed by atoms with van der Waals surface area (Å²) >= 11 is 0. The average molecular weight is 347 g/mol. The number of hydrogen-bond acceptors (Lipinski definition) is 6. The summed E-state index contributed by atoms with van der Waals surface area (Å²) in [6.45, 7) is 0.648. The van der Waals surface area contributed by atoms with Crippen molar-refractivity contribution in [2.75, 3.05) is 0 Å². The Bertz CT molecular complexity index is 794. The summed E-state index contributed by atoms with van der Waals surface area (Å²) < 4.78 is 7.09. The van der Waals surface area contributed by atoms with Crippen LogP contribution in [0.5, 0.6) is 0 Å². The molecule has 7 nitrogen and oxygen atoms in total. The van der Waals surface area contributed by atoms with E-state index in [1.165, 1.54) is 0 Å². The van der Waals surface area contributed by atoms with E-state index in [4.69, 9.17) is 10.3 Å².